The Morgan fingerprint density at radius 3 is 2.44 bits per heavy atom. The lowest BCUT2D eigenvalue weighted by Crippen LogP contribution is -2.50. The minimum absolute atomic E-state index is 0.0852. The lowest BCUT2D eigenvalue weighted by atomic mass is 10.2. The Balaban J connectivity index is 1.73. The van der Waals surface area contributed by atoms with Crippen LogP contribution in [0.4, 0.5) is 4.39 Å². The second kappa shape index (κ2) is 8.18. The summed E-state index contributed by atoms with van der Waals surface area (Å²) >= 11 is 7.68. The molecule has 1 fully saturated rings. The van der Waals surface area contributed by atoms with E-state index in [4.69, 9.17) is 11.6 Å². The monoisotopic (exact) mass is 428 g/mol. The summed E-state index contributed by atoms with van der Waals surface area (Å²) in [6, 6.07) is 10.2. The lowest BCUT2D eigenvalue weighted by molar-refractivity contribution is 0.0698. The van der Waals surface area contributed by atoms with Crippen LogP contribution in [0.2, 0.25) is 5.02 Å². The molecule has 2 aromatic rings. The quantitative estimate of drug-likeness (QED) is 0.701. The third-order valence-electron chi connectivity index (χ3n) is 4.36. The molecule has 3 rings (SSSR count). The number of thioether (sulfide) groups is 1. The SMILES string of the molecule is CSc1ccc(Cl)c(C(=O)N2CCN(S(=O)(=O)c3cccc(F)c3)CC2)c1. The van der Waals surface area contributed by atoms with Gasteiger partial charge < -0.3 is 4.90 Å². The van der Waals surface area contributed by atoms with Crippen molar-refractivity contribution in [3.8, 4) is 0 Å². The number of hydrogen-bond acceptors (Lipinski definition) is 4. The molecule has 0 aromatic heterocycles. The zero-order valence-electron chi connectivity index (χ0n) is 14.6. The van der Waals surface area contributed by atoms with E-state index in [0.717, 1.165) is 11.0 Å². The molecule has 144 valence electrons. The van der Waals surface area contributed by atoms with Crippen molar-refractivity contribution < 1.29 is 17.6 Å². The van der Waals surface area contributed by atoms with E-state index in [2.05, 4.69) is 0 Å². The summed E-state index contributed by atoms with van der Waals surface area (Å²) in [7, 11) is -3.79. The second-order valence-electron chi connectivity index (χ2n) is 6.00. The molecule has 0 unspecified atom stereocenters. The van der Waals surface area contributed by atoms with E-state index in [-0.39, 0.29) is 37.0 Å². The van der Waals surface area contributed by atoms with Crippen molar-refractivity contribution in [2.45, 2.75) is 9.79 Å². The van der Waals surface area contributed by atoms with Gasteiger partial charge in [0.15, 0.2) is 0 Å². The summed E-state index contributed by atoms with van der Waals surface area (Å²) in [5.41, 5.74) is 0.407. The Labute approximate surface area is 167 Å². The van der Waals surface area contributed by atoms with Crippen LogP contribution in [0.1, 0.15) is 10.4 Å². The Morgan fingerprint density at radius 1 is 1.11 bits per heavy atom. The van der Waals surface area contributed by atoms with Crippen LogP contribution in [0.25, 0.3) is 0 Å². The zero-order valence-corrected chi connectivity index (χ0v) is 17.0. The van der Waals surface area contributed by atoms with Crippen LogP contribution in [0.5, 0.6) is 0 Å². The van der Waals surface area contributed by atoms with E-state index in [1.807, 2.05) is 12.3 Å². The van der Waals surface area contributed by atoms with Gasteiger partial charge in [0.25, 0.3) is 5.91 Å². The average Bonchev–Trinajstić information content (AvgIpc) is 2.68. The fourth-order valence-electron chi connectivity index (χ4n) is 2.87. The molecule has 5 nitrogen and oxygen atoms in total. The summed E-state index contributed by atoms with van der Waals surface area (Å²) in [5.74, 6) is -0.827. The molecule has 0 bridgehead atoms. The van der Waals surface area contributed by atoms with Crippen molar-refractivity contribution >= 4 is 39.3 Å². The maximum Gasteiger partial charge on any atom is 0.255 e. The van der Waals surface area contributed by atoms with Crippen LogP contribution in [0.15, 0.2) is 52.3 Å². The number of rotatable bonds is 4. The van der Waals surface area contributed by atoms with Crippen LogP contribution in [-0.4, -0.2) is 56.0 Å². The van der Waals surface area contributed by atoms with Crippen LogP contribution < -0.4 is 0 Å². The van der Waals surface area contributed by atoms with Gasteiger partial charge in [-0.05, 0) is 42.7 Å². The minimum Gasteiger partial charge on any atom is -0.336 e. The van der Waals surface area contributed by atoms with Gasteiger partial charge >= 0.3 is 0 Å². The standard InChI is InChI=1S/C18H18ClFN2O3S2/c1-26-14-5-6-17(19)16(12-14)18(23)21-7-9-22(10-8-21)27(24,25)15-4-2-3-13(20)11-15/h2-6,11-12H,7-10H2,1H3. The molecule has 27 heavy (non-hydrogen) atoms. The highest BCUT2D eigenvalue weighted by molar-refractivity contribution is 7.98. The molecule has 0 spiro atoms. The van der Waals surface area contributed by atoms with E-state index in [1.54, 1.807) is 17.0 Å². The smallest absolute Gasteiger partial charge is 0.255 e. The zero-order chi connectivity index (χ0) is 19.6. The largest absolute Gasteiger partial charge is 0.336 e. The number of carbonyl (C=O) groups excluding carboxylic acids is 1. The Morgan fingerprint density at radius 2 is 1.81 bits per heavy atom. The number of benzene rings is 2. The molecule has 1 heterocycles. The number of sulfonamides is 1. The number of nitrogens with zero attached hydrogens (tertiary/aromatic N) is 2. The van der Waals surface area contributed by atoms with Gasteiger partial charge in [-0.3, -0.25) is 4.79 Å². The highest BCUT2D eigenvalue weighted by atomic mass is 35.5. The Bertz CT molecular complexity index is 961. The first-order valence-corrected chi connectivity index (χ1v) is 11.3. The molecule has 0 atom stereocenters. The molecule has 0 radical (unpaired) electrons. The maximum absolute atomic E-state index is 13.4. The molecule has 0 aliphatic carbocycles. The summed E-state index contributed by atoms with van der Waals surface area (Å²) in [5, 5.41) is 0.368. The van der Waals surface area contributed by atoms with Crippen molar-refractivity contribution in [1.82, 2.24) is 9.21 Å². The summed E-state index contributed by atoms with van der Waals surface area (Å²) in [6.45, 7) is 0.773. The summed E-state index contributed by atoms with van der Waals surface area (Å²) in [4.78, 5) is 15.2. The first-order chi connectivity index (χ1) is 12.8. The van der Waals surface area contributed by atoms with E-state index in [1.165, 1.54) is 34.3 Å². The highest BCUT2D eigenvalue weighted by Gasteiger charge is 2.31. The molecule has 1 saturated heterocycles. The van der Waals surface area contributed by atoms with E-state index >= 15 is 0 Å². The van der Waals surface area contributed by atoms with Gasteiger partial charge in [-0.25, -0.2) is 12.8 Å². The van der Waals surface area contributed by atoms with E-state index in [9.17, 15) is 17.6 Å². The van der Waals surface area contributed by atoms with Gasteiger partial charge in [-0.2, -0.15) is 4.31 Å². The summed E-state index contributed by atoms with van der Waals surface area (Å²) < 4.78 is 40.0. The molecule has 0 saturated carbocycles. The maximum atomic E-state index is 13.4. The fraction of sp³-hybridized carbons (Fsp3) is 0.278. The van der Waals surface area contributed by atoms with Crippen molar-refractivity contribution in [2.75, 3.05) is 32.4 Å². The Kier molecular flexibility index (Phi) is 6.10. The predicted octanol–water partition coefficient (Wildman–Crippen LogP) is 3.35. The van der Waals surface area contributed by atoms with Crippen LogP contribution in [0.3, 0.4) is 0 Å². The molecular formula is C18H18ClFN2O3S2. The molecule has 9 heteroatoms. The topological polar surface area (TPSA) is 57.7 Å². The number of halogens is 2. The number of carbonyl (C=O) groups is 1. The Hall–Kier alpha value is -1.61. The van der Waals surface area contributed by atoms with Crippen molar-refractivity contribution in [2.24, 2.45) is 0 Å². The third-order valence-corrected chi connectivity index (χ3v) is 7.31. The molecule has 0 N–H and O–H groups in total. The molecule has 1 aliphatic rings. The number of amides is 1. The molecule has 1 amide bonds. The second-order valence-corrected chi connectivity index (χ2v) is 9.22. The average molecular weight is 429 g/mol. The molecule has 1 aliphatic heterocycles. The molecular weight excluding hydrogens is 411 g/mol. The lowest BCUT2D eigenvalue weighted by Gasteiger charge is -2.34. The van der Waals surface area contributed by atoms with Crippen LogP contribution in [0, 0.1) is 5.82 Å². The predicted molar refractivity (Wildman–Crippen MR) is 104 cm³/mol. The molecule has 2 aromatic carbocycles. The van der Waals surface area contributed by atoms with Gasteiger partial charge in [-0.1, -0.05) is 17.7 Å². The third kappa shape index (κ3) is 4.29. The number of hydrogen-bond donors (Lipinski definition) is 0. The first kappa shape index (κ1) is 20.1. The first-order valence-electron chi connectivity index (χ1n) is 8.21. The highest BCUT2D eigenvalue weighted by Crippen LogP contribution is 2.25. The minimum atomic E-state index is -3.79. The van der Waals surface area contributed by atoms with Crippen LogP contribution in [-0.2, 0) is 10.0 Å². The van der Waals surface area contributed by atoms with Crippen molar-refractivity contribution in [1.29, 1.82) is 0 Å². The normalized spacial score (nSPS) is 15.7. The van der Waals surface area contributed by atoms with Gasteiger partial charge in [0.05, 0.1) is 15.5 Å². The van der Waals surface area contributed by atoms with E-state index < -0.39 is 15.8 Å². The number of piperazine rings is 1. The van der Waals surface area contributed by atoms with Gasteiger partial charge in [0, 0.05) is 31.1 Å². The van der Waals surface area contributed by atoms with Crippen molar-refractivity contribution in [3.63, 3.8) is 0 Å². The van der Waals surface area contributed by atoms with E-state index in [0.29, 0.717) is 10.6 Å². The van der Waals surface area contributed by atoms with Crippen LogP contribution >= 0.6 is 23.4 Å². The summed E-state index contributed by atoms with van der Waals surface area (Å²) in [6.07, 6.45) is 1.91. The van der Waals surface area contributed by atoms with Crippen molar-refractivity contribution in [3.05, 3.63) is 58.9 Å². The fourth-order valence-corrected chi connectivity index (χ4v) is 4.97. The van der Waals surface area contributed by atoms with Gasteiger partial charge in [0.1, 0.15) is 5.82 Å². The van der Waals surface area contributed by atoms with Gasteiger partial charge in [0.2, 0.25) is 10.0 Å². The van der Waals surface area contributed by atoms with Gasteiger partial charge in [-0.15, -0.1) is 11.8 Å².